The number of carboxylic acid groups (broad SMARTS) is 1. The highest BCUT2D eigenvalue weighted by Crippen LogP contribution is 2.20. The van der Waals surface area contributed by atoms with Crippen LogP contribution in [0.5, 0.6) is 0 Å². The molecule has 0 fully saturated rings. The van der Waals surface area contributed by atoms with Crippen LogP contribution in [0.4, 0.5) is 5.69 Å². The van der Waals surface area contributed by atoms with Crippen LogP contribution in [0.3, 0.4) is 0 Å². The predicted octanol–water partition coefficient (Wildman–Crippen LogP) is 2.39. The van der Waals surface area contributed by atoms with Crippen LogP contribution in [0.25, 0.3) is 0 Å². The Bertz CT molecular complexity index is 463. The highest BCUT2D eigenvalue weighted by Gasteiger charge is 2.20. The average Bonchev–Trinajstić information content (AvgIpc) is 2.28. The zero-order valence-electron chi connectivity index (χ0n) is 10.2. The minimum atomic E-state index is -0.851. The number of rotatable bonds is 4. The molecule has 2 atom stereocenters. The topological polar surface area (TPSA) is 73.1 Å². The van der Waals surface area contributed by atoms with Crippen molar-refractivity contribution in [3.8, 4) is 6.07 Å². The zero-order chi connectivity index (χ0) is 13.0. The summed E-state index contributed by atoms with van der Waals surface area (Å²) in [5.41, 5.74) is 2.14. The van der Waals surface area contributed by atoms with E-state index in [0.29, 0.717) is 11.3 Å². The van der Waals surface area contributed by atoms with Gasteiger partial charge in [0, 0.05) is 6.04 Å². The molecule has 0 heterocycles. The van der Waals surface area contributed by atoms with Gasteiger partial charge >= 0.3 is 5.97 Å². The van der Waals surface area contributed by atoms with Crippen LogP contribution >= 0.6 is 0 Å². The number of nitriles is 1. The molecule has 4 heteroatoms. The largest absolute Gasteiger partial charge is 0.481 e. The highest BCUT2D eigenvalue weighted by atomic mass is 16.4. The summed E-state index contributed by atoms with van der Waals surface area (Å²) in [6.07, 6.45) is 0. The number of benzene rings is 1. The van der Waals surface area contributed by atoms with E-state index in [4.69, 9.17) is 10.4 Å². The first-order valence-electron chi connectivity index (χ1n) is 5.46. The van der Waals surface area contributed by atoms with E-state index >= 15 is 0 Å². The lowest BCUT2D eigenvalue weighted by molar-refractivity contribution is -0.141. The predicted molar refractivity (Wildman–Crippen MR) is 65.8 cm³/mol. The van der Waals surface area contributed by atoms with E-state index in [1.807, 2.05) is 19.1 Å². The molecule has 1 rings (SSSR count). The lowest BCUT2D eigenvalue weighted by atomic mass is 10.0. The molecule has 1 aromatic carbocycles. The average molecular weight is 232 g/mol. The van der Waals surface area contributed by atoms with E-state index in [0.717, 1.165) is 5.56 Å². The van der Waals surface area contributed by atoms with Crippen LogP contribution in [0.1, 0.15) is 25.0 Å². The first kappa shape index (κ1) is 13.0. The van der Waals surface area contributed by atoms with Crippen molar-refractivity contribution in [3.05, 3.63) is 29.3 Å². The summed E-state index contributed by atoms with van der Waals surface area (Å²) in [5, 5.41) is 21.0. The summed E-state index contributed by atoms with van der Waals surface area (Å²) in [7, 11) is 0. The second kappa shape index (κ2) is 5.35. The highest BCUT2D eigenvalue weighted by molar-refractivity contribution is 5.71. The van der Waals surface area contributed by atoms with Gasteiger partial charge in [-0.15, -0.1) is 0 Å². The molecule has 0 bridgehead atoms. The molecule has 0 spiro atoms. The molecule has 0 radical (unpaired) electrons. The number of hydrogen-bond donors (Lipinski definition) is 2. The van der Waals surface area contributed by atoms with Gasteiger partial charge in [-0.2, -0.15) is 5.26 Å². The lowest BCUT2D eigenvalue weighted by Gasteiger charge is -2.20. The molecule has 1 aromatic rings. The van der Waals surface area contributed by atoms with E-state index in [-0.39, 0.29) is 6.04 Å². The Morgan fingerprint density at radius 2 is 2.12 bits per heavy atom. The van der Waals surface area contributed by atoms with Crippen molar-refractivity contribution >= 4 is 11.7 Å². The normalized spacial score (nSPS) is 13.5. The molecule has 0 amide bonds. The number of anilines is 1. The monoisotopic (exact) mass is 232 g/mol. The third-order valence-corrected chi connectivity index (χ3v) is 2.91. The van der Waals surface area contributed by atoms with Crippen molar-refractivity contribution in [1.29, 1.82) is 5.26 Å². The summed E-state index contributed by atoms with van der Waals surface area (Å²) >= 11 is 0. The Morgan fingerprint density at radius 3 is 2.65 bits per heavy atom. The van der Waals surface area contributed by atoms with Crippen LogP contribution in [0.2, 0.25) is 0 Å². The molecule has 0 saturated carbocycles. The van der Waals surface area contributed by atoms with Crippen molar-refractivity contribution in [2.45, 2.75) is 26.8 Å². The number of nitrogens with zero attached hydrogens (tertiary/aromatic N) is 1. The molecule has 0 aliphatic rings. The van der Waals surface area contributed by atoms with Gasteiger partial charge in [-0.05, 0) is 32.4 Å². The van der Waals surface area contributed by atoms with Gasteiger partial charge in [0.25, 0.3) is 0 Å². The maximum atomic E-state index is 10.8. The van der Waals surface area contributed by atoms with Crippen LogP contribution < -0.4 is 5.32 Å². The Labute approximate surface area is 101 Å². The van der Waals surface area contributed by atoms with Crippen LogP contribution in [0, 0.1) is 24.2 Å². The van der Waals surface area contributed by atoms with Gasteiger partial charge in [0.2, 0.25) is 0 Å². The maximum Gasteiger partial charge on any atom is 0.308 e. The van der Waals surface area contributed by atoms with E-state index in [1.165, 1.54) is 0 Å². The molecule has 0 aliphatic heterocycles. The molecule has 4 nitrogen and oxygen atoms in total. The van der Waals surface area contributed by atoms with Crippen LogP contribution in [-0.4, -0.2) is 17.1 Å². The molecule has 0 aliphatic carbocycles. The van der Waals surface area contributed by atoms with Gasteiger partial charge in [-0.3, -0.25) is 4.79 Å². The maximum absolute atomic E-state index is 10.8. The van der Waals surface area contributed by atoms with Gasteiger partial charge < -0.3 is 10.4 Å². The van der Waals surface area contributed by atoms with Crippen molar-refractivity contribution in [3.63, 3.8) is 0 Å². The number of hydrogen-bond acceptors (Lipinski definition) is 3. The van der Waals surface area contributed by atoms with Crippen molar-refractivity contribution in [2.75, 3.05) is 5.32 Å². The fourth-order valence-electron chi connectivity index (χ4n) is 1.52. The van der Waals surface area contributed by atoms with E-state index < -0.39 is 11.9 Å². The van der Waals surface area contributed by atoms with E-state index in [9.17, 15) is 4.79 Å². The van der Waals surface area contributed by atoms with Crippen LogP contribution in [0.15, 0.2) is 18.2 Å². The Hall–Kier alpha value is -2.02. The van der Waals surface area contributed by atoms with Crippen molar-refractivity contribution in [2.24, 2.45) is 5.92 Å². The Kier molecular flexibility index (Phi) is 4.11. The summed E-state index contributed by atoms with van der Waals surface area (Å²) < 4.78 is 0. The Balaban J connectivity index is 2.93. The second-order valence-corrected chi connectivity index (χ2v) is 4.17. The zero-order valence-corrected chi connectivity index (χ0v) is 10.2. The number of nitrogens with one attached hydrogen (secondary N) is 1. The van der Waals surface area contributed by atoms with Crippen molar-refractivity contribution < 1.29 is 9.90 Å². The molecule has 0 aromatic heterocycles. The van der Waals surface area contributed by atoms with E-state index in [2.05, 4.69) is 11.4 Å². The molecule has 90 valence electrons. The van der Waals surface area contributed by atoms with Gasteiger partial charge in [0.05, 0.1) is 17.2 Å². The number of aliphatic carboxylic acids is 1. The number of aryl methyl sites for hydroxylation is 1. The standard InChI is InChI=1S/C13H16N2O2/c1-8-5-4-6-12(11(8)7-14)15-10(3)9(2)13(16)17/h4-6,9-10,15H,1-3H3,(H,16,17). The summed E-state index contributed by atoms with van der Waals surface area (Å²) in [5.74, 6) is -1.36. The molecular formula is C13H16N2O2. The molecule has 2 unspecified atom stereocenters. The SMILES string of the molecule is Cc1cccc(NC(C)C(C)C(=O)O)c1C#N. The number of carbonyl (C=O) groups is 1. The lowest BCUT2D eigenvalue weighted by Crippen LogP contribution is -2.30. The molecule has 2 N–H and O–H groups in total. The molecule has 17 heavy (non-hydrogen) atoms. The molecular weight excluding hydrogens is 216 g/mol. The first-order chi connectivity index (χ1) is 7.97. The summed E-state index contributed by atoms with van der Waals surface area (Å²) in [6, 6.07) is 7.38. The fourth-order valence-corrected chi connectivity index (χ4v) is 1.52. The van der Waals surface area contributed by atoms with E-state index in [1.54, 1.807) is 19.9 Å². The third kappa shape index (κ3) is 2.97. The number of carboxylic acids is 1. The quantitative estimate of drug-likeness (QED) is 0.836. The first-order valence-corrected chi connectivity index (χ1v) is 5.46. The van der Waals surface area contributed by atoms with Gasteiger partial charge in [-0.25, -0.2) is 0 Å². The Morgan fingerprint density at radius 1 is 1.47 bits per heavy atom. The second-order valence-electron chi connectivity index (χ2n) is 4.17. The van der Waals surface area contributed by atoms with Gasteiger partial charge in [-0.1, -0.05) is 12.1 Å². The minimum absolute atomic E-state index is 0.235. The fraction of sp³-hybridized carbons (Fsp3) is 0.385. The molecule has 0 saturated heterocycles. The minimum Gasteiger partial charge on any atom is -0.481 e. The summed E-state index contributed by atoms with van der Waals surface area (Å²) in [4.78, 5) is 10.8. The van der Waals surface area contributed by atoms with Gasteiger partial charge in [0.1, 0.15) is 6.07 Å². The smallest absolute Gasteiger partial charge is 0.308 e. The third-order valence-electron chi connectivity index (χ3n) is 2.91. The summed E-state index contributed by atoms with van der Waals surface area (Å²) in [6.45, 7) is 5.29. The van der Waals surface area contributed by atoms with Crippen molar-refractivity contribution in [1.82, 2.24) is 0 Å². The van der Waals surface area contributed by atoms with Crippen LogP contribution in [-0.2, 0) is 4.79 Å². The van der Waals surface area contributed by atoms with Gasteiger partial charge in [0.15, 0.2) is 0 Å².